The first-order valence-corrected chi connectivity index (χ1v) is 5.73. The molecule has 96 valence electrons. The van der Waals surface area contributed by atoms with Crippen LogP contribution in [0.15, 0.2) is 48.2 Å². The van der Waals surface area contributed by atoms with Gasteiger partial charge in [0.25, 0.3) is 0 Å². The van der Waals surface area contributed by atoms with E-state index < -0.39 is 5.97 Å². The van der Waals surface area contributed by atoms with Crippen molar-refractivity contribution in [2.75, 3.05) is 0 Å². The highest BCUT2D eigenvalue weighted by Gasteiger charge is 2.02. The molecule has 4 heteroatoms. The molecule has 0 aliphatic rings. The van der Waals surface area contributed by atoms with Gasteiger partial charge >= 0.3 is 5.97 Å². The van der Waals surface area contributed by atoms with Gasteiger partial charge in [0.15, 0.2) is 0 Å². The van der Waals surface area contributed by atoms with Crippen LogP contribution in [0.25, 0.3) is 5.70 Å². The van der Waals surface area contributed by atoms with Crippen LogP contribution in [0, 0.1) is 0 Å². The summed E-state index contributed by atoms with van der Waals surface area (Å²) >= 11 is 0. The number of benzene rings is 1. The number of allylic oxidation sites excluding steroid dienone is 1. The zero-order chi connectivity index (χ0) is 13.5. The number of carboxylic acids is 1. The van der Waals surface area contributed by atoms with Gasteiger partial charge in [0.1, 0.15) is 0 Å². The van der Waals surface area contributed by atoms with Crippen molar-refractivity contribution in [2.24, 2.45) is 5.73 Å². The lowest BCUT2D eigenvalue weighted by Gasteiger charge is -2.11. The largest absolute Gasteiger partial charge is 0.478 e. The Morgan fingerprint density at radius 2 is 1.89 bits per heavy atom. The molecule has 0 fully saturated rings. The van der Waals surface area contributed by atoms with Crippen LogP contribution in [-0.2, 0) is 4.79 Å². The molecule has 18 heavy (non-hydrogen) atoms. The minimum Gasteiger partial charge on any atom is -0.478 e. The van der Waals surface area contributed by atoms with E-state index in [1.165, 1.54) is 0 Å². The van der Waals surface area contributed by atoms with E-state index >= 15 is 0 Å². The van der Waals surface area contributed by atoms with Crippen molar-refractivity contribution in [1.82, 2.24) is 5.32 Å². The summed E-state index contributed by atoms with van der Waals surface area (Å²) in [5.74, 6) is -1.00. The summed E-state index contributed by atoms with van der Waals surface area (Å²) in [7, 11) is 0. The van der Waals surface area contributed by atoms with E-state index in [1.807, 2.05) is 44.2 Å². The number of carbonyl (C=O) groups is 1. The van der Waals surface area contributed by atoms with Gasteiger partial charge in [-0.25, -0.2) is 4.79 Å². The van der Waals surface area contributed by atoms with Crippen LogP contribution in [0.4, 0.5) is 0 Å². The molecule has 0 saturated heterocycles. The van der Waals surface area contributed by atoms with Crippen LogP contribution >= 0.6 is 0 Å². The smallest absolute Gasteiger partial charge is 0.330 e. The molecule has 0 heterocycles. The third-order valence-electron chi connectivity index (χ3n) is 2.15. The number of hydrogen-bond donors (Lipinski definition) is 3. The van der Waals surface area contributed by atoms with Gasteiger partial charge in [-0.3, -0.25) is 0 Å². The number of nitrogens with two attached hydrogens (primary N) is 1. The Morgan fingerprint density at radius 1 is 1.28 bits per heavy atom. The Bertz CT molecular complexity index is 462. The fraction of sp³-hybridized carbons (Fsp3) is 0.214. The molecule has 4 N–H and O–H groups in total. The third-order valence-corrected chi connectivity index (χ3v) is 2.15. The monoisotopic (exact) mass is 246 g/mol. The number of carboxylic acid groups (broad SMARTS) is 1. The summed E-state index contributed by atoms with van der Waals surface area (Å²) in [6.07, 6.45) is 2.74. The minimum absolute atomic E-state index is 0.135. The van der Waals surface area contributed by atoms with E-state index in [1.54, 1.807) is 6.08 Å². The topological polar surface area (TPSA) is 75.3 Å². The predicted molar refractivity (Wildman–Crippen MR) is 72.6 cm³/mol. The Labute approximate surface area is 107 Å². The van der Waals surface area contributed by atoms with Crippen LogP contribution in [0.2, 0.25) is 0 Å². The SMILES string of the molecule is CC(C)NC(/C=C(\N)c1ccccc1)=C/C(=O)O. The first-order chi connectivity index (χ1) is 8.49. The van der Waals surface area contributed by atoms with E-state index in [0.717, 1.165) is 11.6 Å². The Balaban J connectivity index is 2.98. The van der Waals surface area contributed by atoms with Crippen LogP contribution < -0.4 is 11.1 Å². The molecule has 1 aromatic rings. The van der Waals surface area contributed by atoms with Gasteiger partial charge in [0.05, 0.1) is 0 Å². The Hall–Kier alpha value is -2.23. The zero-order valence-electron chi connectivity index (χ0n) is 10.6. The van der Waals surface area contributed by atoms with Crippen molar-refractivity contribution < 1.29 is 9.90 Å². The second-order valence-electron chi connectivity index (χ2n) is 4.20. The number of aliphatic carboxylic acids is 1. The molecule has 0 atom stereocenters. The van der Waals surface area contributed by atoms with Gasteiger partial charge in [-0.2, -0.15) is 0 Å². The molecule has 0 saturated carbocycles. The lowest BCUT2D eigenvalue weighted by atomic mass is 10.1. The molecular formula is C14H18N2O2. The minimum atomic E-state index is -1.00. The van der Waals surface area contributed by atoms with E-state index in [9.17, 15) is 4.79 Å². The average molecular weight is 246 g/mol. The molecule has 1 rings (SSSR count). The van der Waals surface area contributed by atoms with Crippen molar-refractivity contribution in [3.05, 3.63) is 53.7 Å². The first kappa shape index (κ1) is 13.8. The van der Waals surface area contributed by atoms with Crippen LogP contribution in [0.1, 0.15) is 19.4 Å². The van der Waals surface area contributed by atoms with Gasteiger partial charge in [0.2, 0.25) is 0 Å². The summed E-state index contributed by atoms with van der Waals surface area (Å²) in [5.41, 5.74) is 7.80. The molecule has 0 aliphatic heterocycles. The van der Waals surface area contributed by atoms with Crippen molar-refractivity contribution >= 4 is 11.7 Å². The standard InChI is InChI=1S/C14H18N2O2/c1-10(2)16-12(9-14(17)18)8-13(15)11-6-4-3-5-7-11/h3-10,16H,15H2,1-2H3,(H,17,18)/b12-9+,13-8-. The number of hydrogen-bond acceptors (Lipinski definition) is 3. The van der Waals surface area contributed by atoms with E-state index in [0.29, 0.717) is 11.4 Å². The summed E-state index contributed by atoms with van der Waals surface area (Å²) in [5, 5.41) is 11.8. The van der Waals surface area contributed by atoms with Gasteiger partial charge in [-0.05, 0) is 25.5 Å². The Kier molecular flexibility index (Phi) is 4.99. The van der Waals surface area contributed by atoms with Gasteiger partial charge in [-0.1, -0.05) is 30.3 Å². The average Bonchev–Trinajstić information content (AvgIpc) is 2.28. The predicted octanol–water partition coefficient (Wildman–Crippen LogP) is 1.95. The number of nitrogens with one attached hydrogen (secondary N) is 1. The van der Waals surface area contributed by atoms with Crippen molar-refractivity contribution in [2.45, 2.75) is 19.9 Å². The van der Waals surface area contributed by atoms with E-state index in [2.05, 4.69) is 5.32 Å². The molecule has 0 aliphatic carbocycles. The van der Waals surface area contributed by atoms with Gasteiger partial charge in [-0.15, -0.1) is 0 Å². The molecule has 4 nitrogen and oxygen atoms in total. The molecule has 0 aromatic heterocycles. The summed E-state index contributed by atoms with van der Waals surface area (Å²) in [6, 6.07) is 9.55. The molecule has 0 radical (unpaired) electrons. The van der Waals surface area contributed by atoms with Crippen LogP contribution in [-0.4, -0.2) is 17.1 Å². The molecule has 0 unspecified atom stereocenters. The maximum Gasteiger partial charge on any atom is 0.330 e. The highest BCUT2D eigenvalue weighted by Crippen LogP contribution is 2.10. The molecule has 0 bridgehead atoms. The van der Waals surface area contributed by atoms with E-state index in [-0.39, 0.29) is 6.04 Å². The Morgan fingerprint density at radius 3 is 2.39 bits per heavy atom. The second kappa shape index (κ2) is 6.49. The summed E-state index contributed by atoms with van der Waals surface area (Å²) < 4.78 is 0. The van der Waals surface area contributed by atoms with Crippen molar-refractivity contribution in [1.29, 1.82) is 0 Å². The van der Waals surface area contributed by atoms with Gasteiger partial charge < -0.3 is 16.2 Å². The molecule has 0 spiro atoms. The molecule has 1 aromatic carbocycles. The second-order valence-corrected chi connectivity index (χ2v) is 4.20. The lowest BCUT2D eigenvalue weighted by molar-refractivity contribution is -0.131. The molecular weight excluding hydrogens is 228 g/mol. The summed E-state index contributed by atoms with van der Waals surface area (Å²) in [4.78, 5) is 10.7. The normalized spacial score (nSPS) is 12.6. The van der Waals surface area contributed by atoms with Crippen molar-refractivity contribution in [3.63, 3.8) is 0 Å². The van der Waals surface area contributed by atoms with Crippen LogP contribution in [0.3, 0.4) is 0 Å². The zero-order valence-corrected chi connectivity index (χ0v) is 10.6. The quantitative estimate of drug-likeness (QED) is 0.548. The fourth-order valence-electron chi connectivity index (χ4n) is 1.47. The van der Waals surface area contributed by atoms with Crippen molar-refractivity contribution in [3.8, 4) is 0 Å². The first-order valence-electron chi connectivity index (χ1n) is 5.73. The maximum atomic E-state index is 10.7. The van der Waals surface area contributed by atoms with E-state index in [4.69, 9.17) is 10.8 Å². The number of rotatable bonds is 5. The van der Waals surface area contributed by atoms with Crippen LogP contribution in [0.5, 0.6) is 0 Å². The lowest BCUT2D eigenvalue weighted by Crippen LogP contribution is -2.22. The summed E-state index contributed by atoms with van der Waals surface area (Å²) in [6.45, 7) is 3.87. The maximum absolute atomic E-state index is 10.7. The molecule has 0 amide bonds. The highest BCUT2D eigenvalue weighted by molar-refractivity contribution is 5.82. The third kappa shape index (κ3) is 4.74. The fourth-order valence-corrected chi connectivity index (χ4v) is 1.47. The highest BCUT2D eigenvalue weighted by atomic mass is 16.4. The van der Waals surface area contributed by atoms with Gasteiger partial charge in [0, 0.05) is 23.5 Å².